The molecule has 1 N–H and O–H groups in total. The number of rotatable bonds is 5. The molecule has 0 fully saturated rings. The molecule has 3 aromatic rings. The quantitative estimate of drug-likeness (QED) is 0.720. The number of hydrogen-bond acceptors (Lipinski definition) is 4. The van der Waals surface area contributed by atoms with Gasteiger partial charge in [0.05, 0.1) is 5.56 Å². The second-order valence-electron chi connectivity index (χ2n) is 5.34. The SMILES string of the molecule is O=C(OC(c1ccccc1)c1ccccc1)c1ccc(C(=O)O)nc1. The Labute approximate surface area is 144 Å². The third-order valence-electron chi connectivity index (χ3n) is 3.65. The van der Waals surface area contributed by atoms with Gasteiger partial charge < -0.3 is 9.84 Å². The molecule has 2 aromatic carbocycles. The normalized spacial score (nSPS) is 10.4. The van der Waals surface area contributed by atoms with Gasteiger partial charge in [0.25, 0.3) is 0 Å². The number of esters is 1. The summed E-state index contributed by atoms with van der Waals surface area (Å²) in [4.78, 5) is 27.1. The lowest BCUT2D eigenvalue weighted by Gasteiger charge is -2.19. The molecule has 0 aliphatic carbocycles. The highest BCUT2D eigenvalue weighted by Crippen LogP contribution is 2.26. The Kier molecular flexibility index (Phi) is 4.85. The van der Waals surface area contributed by atoms with Crippen molar-refractivity contribution in [2.75, 3.05) is 0 Å². The molecule has 0 atom stereocenters. The van der Waals surface area contributed by atoms with Crippen molar-refractivity contribution in [1.29, 1.82) is 0 Å². The van der Waals surface area contributed by atoms with Crippen LogP contribution in [0.3, 0.4) is 0 Å². The van der Waals surface area contributed by atoms with Crippen LogP contribution in [-0.2, 0) is 4.74 Å². The predicted molar refractivity (Wildman–Crippen MR) is 91.3 cm³/mol. The van der Waals surface area contributed by atoms with Crippen molar-refractivity contribution in [3.8, 4) is 0 Å². The summed E-state index contributed by atoms with van der Waals surface area (Å²) in [5.41, 5.74) is 1.76. The maximum Gasteiger partial charge on any atom is 0.354 e. The molecular weight excluding hydrogens is 318 g/mol. The van der Waals surface area contributed by atoms with Gasteiger partial charge >= 0.3 is 11.9 Å². The van der Waals surface area contributed by atoms with Gasteiger partial charge in [0.1, 0.15) is 5.69 Å². The molecule has 0 aliphatic rings. The lowest BCUT2D eigenvalue weighted by Crippen LogP contribution is -2.13. The molecule has 0 aliphatic heterocycles. The van der Waals surface area contributed by atoms with Crippen LogP contribution in [0.4, 0.5) is 0 Å². The number of benzene rings is 2. The predicted octanol–water partition coefficient (Wildman–Crippen LogP) is 3.73. The van der Waals surface area contributed by atoms with Gasteiger partial charge in [0.15, 0.2) is 6.10 Å². The van der Waals surface area contributed by atoms with Crippen LogP contribution in [0.5, 0.6) is 0 Å². The number of aromatic carboxylic acids is 1. The standard InChI is InChI=1S/C20H15NO4/c22-19(23)17-12-11-16(13-21-17)20(24)25-18(14-7-3-1-4-8-14)15-9-5-2-6-10-15/h1-13,18H,(H,22,23). The summed E-state index contributed by atoms with van der Waals surface area (Å²) in [6.07, 6.45) is 0.646. The van der Waals surface area contributed by atoms with Crippen molar-refractivity contribution >= 4 is 11.9 Å². The number of carbonyl (C=O) groups is 2. The van der Waals surface area contributed by atoms with Crippen LogP contribution in [0.25, 0.3) is 0 Å². The van der Waals surface area contributed by atoms with E-state index in [1.54, 1.807) is 0 Å². The number of carbonyl (C=O) groups excluding carboxylic acids is 1. The fraction of sp³-hybridized carbons (Fsp3) is 0.0500. The van der Waals surface area contributed by atoms with Crippen LogP contribution in [0, 0.1) is 0 Å². The molecular formula is C20H15NO4. The van der Waals surface area contributed by atoms with E-state index in [4.69, 9.17) is 9.84 Å². The molecule has 0 unspecified atom stereocenters. The van der Waals surface area contributed by atoms with Gasteiger partial charge in [0, 0.05) is 6.20 Å². The number of aromatic nitrogens is 1. The molecule has 25 heavy (non-hydrogen) atoms. The minimum Gasteiger partial charge on any atom is -0.477 e. The third kappa shape index (κ3) is 3.90. The molecule has 124 valence electrons. The van der Waals surface area contributed by atoms with Gasteiger partial charge in [-0.05, 0) is 23.3 Å². The Bertz CT molecular complexity index is 822. The number of ether oxygens (including phenoxy) is 1. The topological polar surface area (TPSA) is 76.5 Å². The average Bonchev–Trinajstić information content (AvgIpc) is 2.67. The molecule has 1 heterocycles. The van der Waals surface area contributed by atoms with E-state index in [2.05, 4.69) is 4.98 Å². The van der Waals surface area contributed by atoms with Gasteiger partial charge in [-0.1, -0.05) is 60.7 Å². The number of carboxylic acid groups (broad SMARTS) is 1. The molecule has 5 nitrogen and oxygen atoms in total. The Morgan fingerprint density at radius 2 is 1.40 bits per heavy atom. The molecule has 1 aromatic heterocycles. The highest BCUT2D eigenvalue weighted by molar-refractivity contribution is 5.91. The first-order valence-electron chi connectivity index (χ1n) is 7.65. The van der Waals surface area contributed by atoms with E-state index in [9.17, 15) is 9.59 Å². The summed E-state index contributed by atoms with van der Waals surface area (Å²) in [6.45, 7) is 0. The molecule has 0 radical (unpaired) electrons. The van der Waals surface area contributed by atoms with Crippen LogP contribution >= 0.6 is 0 Å². The molecule has 0 saturated carbocycles. The van der Waals surface area contributed by atoms with Crippen LogP contribution in [0.2, 0.25) is 0 Å². The summed E-state index contributed by atoms with van der Waals surface area (Å²) in [7, 11) is 0. The van der Waals surface area contributed by atoms with Crippen molar-refractivity contribution in [3.05, 3.63) is 101 Å². The fourth-order valence-corrected chi connectivity index (χ4v) is 2.40. The Balaban J connectivity index is 1.87. The largest absolute Gasteiger partial charge is 0.477 e. The van der Waals surface area contributed by atoms with Gasteiger partial charge in [-0.25, -0.2) is 14.6 Å². The summed E-state index contributed by atoms with van der Waals surface area (Å²) in [5, 5.41) is 8.88. The Hall–Kier alpha value is -3.47. The monoisotopic (exact) mass is 333 g/mol. The zero-order valence-corrected chi connectivity index (χ0v) is 13.2. The molecule has 3 rings (SSSR count). The Morgan fingerprint density at radius 1 is 0.840 bits per heavy atom. The average molecular weight is 333 g/mol. The fourth-order valence-electron chi connectivity index (χ4n) is 2.40. The summed E-state index contributed by atoms with van der Waals surface area (Å²) < 4.78 is 5.68. The number of nitrogens with zero attached hydrogens (tertiary/aromatic N) is 1. The van der Waals surface area contributed by atoms with Gasteiger partial charge in [-0.3, -0.25) is 0 Å². The van der Waals surface area contributed by atoms with E-state index in [0.717, 1.165) is 11.1 Å². The summed E-state index contributed by atoms with van der Waals surface area (Å²) in [6, 6.07) is 21.5. The van der Waals surface area contributed by atoms with Gasteiger partial charge in [-0.15, -0.1) is 0 Å². The van der Waals surface area contributed by atoms with Crippen molar-refractivity contribution in [2.24, 2.45) is 0 Å². The summed E-state index contributed by atoms with van der Waals surface area (Å²) in [5.74, 6) is -1.71. The first-order valence-corrected chi connectivity index (χ1v) is 7.65. The molecule has 0 saturated heterocycles. The van der Waals surface area contributed by atoms with E-state index >= 15 is 0 Å². The third-order valence-corrected chi connectivity index (χ3v) is 3.65. The zero-order valence-electron chi connectivity index (χ0n) is 13.2. The number of hydrogen-bond donors (Lipinski definition) is 1. The van der Waals surface area contributed by atoms with Crippen molar-refractivity contribution in [1.82, 2.24) is 4.98 Å². The van der Waals surface area contributed by atoms with Crippen LogP contribution < -0.4 is 0 Å². The summed E-state index contributed by atoms with van der Waals surface area (Å²) >= 11 is 0. The van der Waals surface area contributed by atoms with Gasteiger partial charge in [-0.2, -0.15) is 0 Å². The maximum absolute atomic E-state index is 12.5. The van der Waals surface area contributed by atoms with Crippen LogP contribution in [0.15, 0.2) is 79.0 Å². The number of pyridine rings is 1. The highest BCUT2D eigenvalue weighted by Gasteiger charge is 2.20. The minimum absolute atomic E-state index is 0.126. The molecule has 0 spiro atoms. The van der Waals surface area contributed by atoms with E-state index in [1.165, 1.54) is 18.3 Å². The van der Waals surface area contributed by atoms with Gasteiger partial charge in [0.2, 0.25) is 0 Å². The van der Waals surface area contributed by atoms with Crippen molar-refractivity contribution in [2.45, 2.75) is 6.10 Å². The first kappa shape index (κ1) is 16.4. The lowest BCUT2D eigenvalue weighted by molar-refractivity contribution is 0.0376. The number of carboxylic acids is 1. The maximum atomic E-state index is 12.5. The smallest absolute Gasteiger partial charge is 0.354 e. The second kappa shape index (κ2) is 7.40. The molecule has 0 bridgehead atoms. The lowest BCUT2D eigenvalue weighted by atomic mass is 10.0. The molecule has 0 amide bonds. The minimum atomic E-state index is -1.15. The van der Waals surface area contributed by atoms with Crippen molar-refractivity contribution < 1.29 is 19.4 Å². The van der Waals surface area contributed by atoms with E-state index < -0.39 is 18.0 Å². The van der Waals surface area contributed by atoms with Crippen LogP contribution in [0.1, 0.15) is 38.1 Å². The van der Waals surface area contributed by atoms with E-state index in [-0.39, 0.29) is 11.3 Å². The zero-order chi connectivity index (χ0) is 17.6. The van der Waals surface area contributed by atoms with E-state index in [1.807, 2.05) is 60.7 Å². The second-order valence-corrected chi connectivity index (χ2v) is 5.34. The first-order chi connectivity index (χ1) is 12.1. The van der Waals surface area contributed by atoms with Crippen LogP contribution in [-0.4, -0.2) is 22.0 Å². The van der Waals surface area contributed by atoms with E-state index in [0.29, 0.717) is 0 Å². The Morgan fingerprint density at radius 3 is 1.84 bits per heavy atom. The molecule has 5 heteroatoms. The van der Waals surface area contributed by atoms with Crippen molar-refractivity contribution in [3.63, 3.8) is 0 Å². The highest BCUT2D eigenvalue weighted by atomic mass is 16.5.